The summed E-state index contributed by atoms with van der Waals surface area (Å²) in [7, 11) is 0. The van der Waals surface area contributed by atoms with Gasteiger partial charge in [-0.1, -0.05) is 23.2 Å². The van der Waals surface area contributed by atoms with E-state index in [1.165, 1.54) is 0 Å². The van der Waals surface area contributed by atoms with Crippen LogP contribution in [-0.4, -0.2) is 16.5 Å². The molecule has 0 aliphatic rings. The Morgan fingerprint density at radius 1 is 1.26 bits per heavy atom. The van der Waals surface area contributed by atoms with Crippen LogP contribution >= 0.6 is 23.2 Å². The zero-order valence-electron chi connectivity index (χ0n) is 10.5. The van der Waals surface area contributed by atoms with E-state index in [1.54, 1.807) is 25.1 Å². The van der Waals surface area contributed by atoms with E-state index >= 15 is 0 Å². The summed E-state index contributed by atoms with van der Waals surface area (Å²) < 4.78 is 13.8. The number of anilines is 1. The second kappa shape index (κ2) is 5.72. The molecule has 0 saturated carbocycles. The van der Waals surface area contributed by atoms with Crippen LogP contribution in [0.15, 0.2) is 18.2 Å². The highest BCUT2D eigenvalue weighted by atomic mass is 35.5. The van der Waals surface area contributed by atoms with Crippen molar-refractivity contribution in [1.82, 2.24) is 9.97 Å². The number of hydrogen-bond acceptors (Lipinski definition) is 3. The van der Waals surface area contributed by atoms with Crippen LogP contribution < -0.4 is 5.32 Å². The number of halogens is 3. The molecule has 0 fully saturated rings. The Labute approximate surface area is 120 Å². The van der Waals surface area contributed by atoms with Crippen molar-refractivity contribution in [2.45, 2.75) is 13.8 Å². The summed E-state index contributed by atoms with van der Waals surface area (Å²) in [6.45, 7) is 4.01. The maximum absolute atomic E-state index is 13.8. The van der Waals surface area contributed by atoms with Crippen molar-refractivity contribution in [3.8, 4) is 11.4 Å². The van der Waals surface area contributed by atoms with Crippen LogP contribution in [0.1, 0.15) is 12.6 Å². The van der Waals surface area contributed by atoms with Crippen LogP contribution in [0.3, 0.4) is 0 Å². The van der Waals surface area contributed by atoms with Crippen molar-refractivity contribution in [2.24, 2.45) is 0 Å². The topological polar surface area (TPSA) is 37.8 Å². The number of aromatic nitrogens is 2. The van der Waals surface area contributed by atoms with Gasteiger partial charge in [0.2, 0.25) is 0 Å². The van der Waals surface area contributed by atoms with Gasteiger partial charge in [0.1, 0.15) is 0 Å². The maximum Gasteiger partial charge on any atom is 0.186 e. The van der Waals surface area contributed by atoms with E-state index in [-0.39, 0.29) is 11.5 Å². The van der Waals surface area contributed by atoms with Gasteiger partial charge < -0.3 is 5.32 Å². The maximum atomic E-state index is 13.8. The molecule has 1 heterocycles. The number of hydrogen-bond donors (Lipinski definition) is 1. The standard InChI is InChI=1S/C13H12Cl2FN3/c1-3-17-13-11(16)7(2)18-12(19-13)9-6-8(14)4-5-10(9)15/h4-6H,3H2,1-2H3,(H,17,18,19). The van der Waals surface area contributed by atoms with Crippen molar-refractivity contribution in [1.29, 1.82) is 0 Å². The molecule has 2 aromatic rings. The third-order valence-corrected chi connectivity index (χ3v) is 3.10. The average Bonchev–Trinajstić information content (AvgIpc) is 2.38. The molecule has 1 aromatic carbocycles. The van der Waals surface area contributed by atoms with E-state index in [4.69, 9.17) is 23.2 Å². The molecule has 3 nitrogen and oxygen atoms in total. The molecule has 1 N–H and O–H groups in total. The van der Waals surface area contributed by atoms with Gasteiger partial charge in [-0.2, -0.15) is 0 Å². The lowest BCUT2D eigenvalue weighted by Gasteiger charge is -2.10. The summed E-state index contributed by atoms with van der Waals surface area (Å²) in [5, 5.41) is 3.85. The Hall–Kier alpha value is -1.39. The SMILES string of the molecule is CCNc1nc(-c2cc(Cl)ccc2Cl)nc(C)c1F. The van der Waals surface area contributed by atoms with Gasteiger partial charge in [-0.15, -0.1) is 0 Å². The number of rotatable bonds is 3. The number of nitrogens with one attached hydrogen (secondary N) is 1. The Balaban J connectivity index is 2.59. The lowest BCUT2D eigenvalue weighted by Crippen LogP contribution is -2.07. The molecule has 19 heavy (non-hydrogen) atoms. The van der Waals surface area contributed by atoms with Crippen molar-refractivity contribution >= 4 is 29.0 Å². The summed E-state index contributed by atoms with van der Waals surface area (Å²) in [5.74, 6) is 0.0622. The molecule has 6 heteroatoms. The van der Waals surface area contributed by atoms with Crippen LogP contribution in [0, 0.1) is 12.7 Å². The molecule has 0 amide bonds. The molecule has 0 radical (unpaired) electrons. The molecule has 100 valence electrons. The Bertz CT molecular complexity index is 617. The summed E-state index contributed by atoms with van der Waals surface area (Å²) >= 11 is 12.0. The molecule has 0 saturated heterocycles. The lowest BCUT2D eigenvalue weighted by atomic mass is 10.2. The van der Waals surface area contributed by atoms with Gasteiger partial charge in [0, 0.05) is 17.1 Å². The molecule has 2 rings (SSSR count). The first-order valence-electron chi connectivity index (χ1n) is 5.76. The Kier molecular flexibility index (Phi) is 4.22. The Morgan fingerprint density at radius 3 is 2.68 bits per heavy atom. The zero-order valence-corrected chi connectivity index (χ0v) is 12.0. The monoisotopic (exact) mass is 299 g/mol. The normalized spacial score (nSPS) is 10.6. The minimum Gasteiger partial charge on any atom is -0.368 e. The van der Waals surface area contributed by atoms with E-state index in [1.807, 2.05) is 6.92 Å². The van der Waals surface area contributed by atoms with Gasteiger partial charge >= 0.3 is 0 Å². The predicted molar refractivity (Wildman–Crippen MR) is 76.3 cm³/mol. The van der Waals surface area contributed by atoms with Gasteiger partial charge in [-0.3, -0.25) is 0 Å². The third-order valence-electron chi connectivity index (χ3n) is 2.53. The first-order chi connectivity index (χ1) is 9.02. The van der Waals surface area contributed by atoms with Crippen molar-refractivity contribution in [3.63, 3.8) is 0 Å². The first-order valence-corrected chi connectivity index (χ1v) is 6.52. The lowest BCUT2D eigenvalue weighted by molar-refractivity contribution is 0.606. The number of benzene rings is 1. The van der Waals surface area contributed by atoms with Gasteiger partial charge in [0.15, 0.2) is 17.5 Å². The van der Waals surface area contributed by atoms with Crippen LogP contribution in [0.25, 0.3) is 11.4 Å². The summed E-state index contributed by atoms with van der Waals surface area (Å²) in [6.07, 6.45) is 0. The Morgan fingerprint density at radius 2 is 2.00 bits per heavy atom. The molecule has 0 aliphatic heterocycles. The van der Waals surface area contributed by atoms with Gasteiger partial charge in [-0.05, 0) is 32.0 Å². The van der Waals surface area contributed by atoms with Crippen LogP contribution in [0.2, 0.25) is 10.0 Å². The van der Waals surface area contributed by atoms with Crippen molar-refractivity contribution < 1.29 is 4.39 Å². The summed E-state index contributed by atoms with van der Waals surface area (Å²) in [6, 6.07) is 5.00. The molecular formula is C13H12Cl2FN3. The number of nitrogens with zero attached hydrogens (tertiary/aromatic N) is 2. The van der Waals surface area contributed by atoms with Gasteiger partial charge in [0.25, 0.3) is 0 Å². The van der Waals surface area contributed by atoms with Crippen LogP contribution in [0.5, 0.6) is 0 Å². The van der Waals surface area contributed by atoms with E-state index < -0.39 is 5.82 Å². The summed E-state index contributed by atoms with van der Waals surface area (Å²) in [5.41, 5.74) is 0.841. The fourth-order valence-corrected chi connectivity index (χ4v) is 2.01. The molecule has 0 atom stereocenters. The fourth-order valence-electron chi connectivity index (χ4n) is 1.63. The molecule has 0 aliphatic carbocycles. The molecular weight excluding hydrogens is 288 g/mol. The fraction of sp³-hybridized carbons (Fsp3) is 0.231. The highest BCUT2D eigenvalue weighted by Crippen LogP contribution is 2.29. The van der Waals surface area contributed by atoms with Gasteiger partial charge in [-0.25, -0.2) is 14.4 Å². The second-order valence-electron chi connectivity index (χ2n) is 3.95. The highest BCUT2D eigenvalue weighted by Gasteiger charge is 2.14. The second-order valence-corrected chi connectivity index (χ2v) is 4.79. The largest absolute Gasteiger partial charge is 0.368 e. The van der Waals surface area contributed by atoms with E-state index in [9.17, 15) is 4.39 Å². The molecule has 0 unspecified atom stereocenters. The van der Waals surface area contributed by atoms with Crippen LogP contribution in [-0.2, 0) is 0 Å². The molecule has 0 bridgehead atoms. The van der Waals surface area contributed by atoms with Crippen molar-refractivity contribution in [3.05, 3.63) is 39.8 Å². The average molecular weight is 300 g/mol. The molecule has 1 aromatic heterocycles. The van der Waals surface area contributed by atoms with E-state index in [0.29, 0.717) is 28.0 Å². The van der Waals surface area contributed by atoms with E-state index in [0.717, 1.165) is 0 Å². The van der Waals surface area contributed by atoms with Crippen LogP contribution in [0.4, 0.5) is 10.2 Å². The quantitative estimate of drug-likeness (QED) is 0.916. The highest BCUT2D eigenvalue weighted by molar-refractivity contribution is 6.35. The smallest absolute Gasteiger partial charge is 0.186 e. The minimum atomic E-state index is -0.455. The summed E-state index contributed by atoms with van der Waals surface area (Å²) in [4.78, 5) is 8.27. The third kappa shape index (κ3) is 2.96. The first kappa shape index (κ1) is 14.0. The zero-order chi connectivity index (χ0) is 14.0. The van der Waals surface area contributed by atoms with Gasteiger partial charge in [0.05, 0.1) is 10.7 Å². The number of aryl methyl sites for hydroxylation is 1. The van der Waals surface area contributed by atoms with Crippen molar-refractivity contribution in [2.75, 3.05) is 11.9 Å². The molecule has 0 spiro atoms. The predicted octanol–water partition coefficient (Wildman–Crippen LogP) is 4.33. The minimum absolute atomic E-state index is 0.168. The van der Waals surface area contributed by atoms with E-state index in [2.05, 4.69) is 15.3 Å².